The van der Waals surface area contributed by atoms with Crippen LogP contribution in [0.5, 0.6) is 0 Å². The lowest BCUT2D eigenvalue weighted by Crippen LogP contribution is -2.39. The summed E-state index contributed by atoms with van der Waals surface area (Å²) >= 11 is 0. The third-order valence-electron chi connectivity index (χ3n) is 2.99. The first kappa shape index (κ1) is 14.9. The lowest BCUT2D eigenvalue weighted by atomic mass is 10.1. The van der Waals surface area contributed by atoms with E-state index in [4.69, 9.17) is 0 Å². The van der Waals surface area contributed by atoms with Crippen molar-refractivity contribution in [2.45, 2.75) is 39.3 Å². The molecule has 1 rings (SSSR count). The minimum atomic E-state index is -0.714. The van der Waals surface area contributed by atoms with E-state index < -0.39 is 5.60 Å². The summed E-state index contributed by atoms with van der Waals surface area (Å²) in [6.07, 6.45) is 1.89. The first-order chi connectivity index (χ1) is 8.37. The second-order valence-electron chi connectivity index (χ2n) is 5.29. The van der Waals surface area contributed by atoms with E-state index >= 15 is 0 Å². The third kappa shape index (κ3) is 4.27. The van der Waals surface area contributed by atoms with Gasteiger partial charge in [0.05, 0.1) is 5.60 Å². The van der Waals surface area contributed by atoms with Gasteiger partial charge < -0.3 is 15.3 Å². The molecule has 0 fully saturated rings. The number of likely N-dealkylation sites (N-methyl/N-ethyl adjacent to an activating group) is 1. The molecule has 2 N–H and O–H groups in total. The van der Waals surface area contributed by atoms with E-state index in [0.29, 0.717) is 12.6 Å². The van der Waals surface area contributed by atoms with E-state index in [2.05, 4.69) is 35.1 Å². The number of anilines is 1. The molecule has 102 valence electrons. The van der Waals surface area contributed by atoms with Gasteiger partial charge in [-0.25, -0.2) is 4.98 Å². The number of pyridine rings is 1. The maximum absolute atomic E-state index is 9.88. The Bertz CT molecular complexity index is 356. The van der Waals surface area contributed by atoms with Crippen molar-refractivity contribution in [3.63, 3.8) is 0 Å². The highest BCUT2D eigenvalue weighted by molar-refractivity contribution is 5.40. The first-order valence-corrected chi connectivity index (χ1v) is 6.48. The van der Waals surface area contributed by atoms with Crippen molar-refractivity contribution in [1.82, 2.24) is 10.3 Å². The van der Waals surface area contributed by atoms with E-state index in [1.165, 1.54) is 5.56 Å². The quantitative estimate of drug-likeness (QED) is 0.811. The Morgan fingerprint density at radius 1 is 1.44 bits per heavy atom. The molecule has 0 aliphatic carbocycles. The Kier molecular flexibility index (Phi) is 5.11. The second-order valence-corrected chi connectivity index (χ2v) is 5.29. The van der Waals surface area contributed by atoms with Crippen LogP contribution in [0.2, 0.25) is 0 Å². The van der Waals surface area contributed by atoms with Crippen molar-refractivity contribution in [2.75, 3.05) is 25.0 Å². The van der Waals surface area contributed by atoms with Gasteiger partial charge in [-0.15, -0.1) is 0 Å². The average Bonchev–Trinajstić information content (AvgIpc) is 2.34. The first-order valence-electron chi connectivity index (χ1n) is 6.48. The highest BCUT2D eigenvalue weighted by Crippen LogP contribution is 2.17. The van der Waals surface area contributed by atoms with Gasteiger partial charge in [-0.1, -0.05) is 6.07 Å². The predicted molar refractivity (Wildman–Crippen MR) is 75.9 cm³/mol. The SMILES string of the molecule is CCN(CC(C)(C)O)c1ccc(C(C)NC)cn1. The maximum atomic E-state index is 9.88. The topological polar surface area (TPSA) is 48.4 Å². The van der Waals surface area contributed by atoms with Gasteiger partial charge >= 0.3 is 0 Å². The van der Waals surface area contributed by atoms with Gasteiger partial charge in [0.15, 0.2) is 0 Å². The maximum Gasteiger partial charge on any atom is 0.128 e. The molecule has 18 heavy (non-hydrogen) atoms. The molecule has 4 nitrogen and oxygen atoms in total. The lowest BCUT2D eigenvalue weighted by Gasteiger charge is -2.29. The Morgan fingerprint density at radius 3 is 2.50 bits per heavy atom. The fourth-order valence-electron chi connectivity index (χ4n) is 1.83. The molecule has 1 atom stereocenters. The summed E-state index contributed by atoms with van der Waals surface area (Å²) in [5.74, 6) is 0.909. The Balaban J connectivity index is 2.82. The van der Waals surface area contributed by atoms with Crippen LogP contribution in [0.15, 0.2) is 18.3 Å². The molecule has 0 saturated carbocycles. The van der Waals surface area contributed by atoms with Gasteiger partial charge in [0.1, 0.15) is 5.82 Å². The summed E-state index contributed by atoms with van der Waals surface area (Å²) in [4.78, 5) is 6.56. The zero-order valence-corrected chi connectivity index (χ0v) is 12.1. The van der Waals surface area contributed by atoms with Gasteiger partial charge in [-0.2, -0.15) is 0 Å². The van der Waals surface area contributed by atoms with Crippen LogP contribution in [-0.4, -0.2) is 35.8 Å². The molecule has 1 heterocycles. The second kappa shape index (κ2) is 6.16. The zero-order valence-electron chi connectivity index (χ0n) is 12.1. The van der Waals surface area contributed by atoms with E-state index in [1.807, 2.05) is 33.2 Å². The van der Waals surface area contributed by atoms with E-state index in [0.717, 1.165) is 12.4 Å². The molecule has 0 saturated heterocycles. The summed E-state index contributed by atoms with van der Waals surface area (Å²) in [5.41, 5.74) is 0.454. The van der Waals surface area contributed by atoms with Crippen LogP contribution >= 0.6 is 0 Å². The Labute approximate surface area is 110 Å². The van der Waals surface area contributed by atoms with Crippen LogP contribution in [0.4, 0.5) is 5.82 Å². The van der Waals surface area contributed by atoms with Crippen molar-refractivity contribution in [3.8, 4) is 0 Å². The average molecular weight is 251 g/mol. The number of aliphatic hydroxyl groups is 1. The smallest absolute Gasteiger partial charge is 0.128 e. The highest BCUT2D eigenvalue weighted by Gasteiger charge is 2.18. The summed E-state index contributed by atoms with van der Waals surface area (Å²) in [6, 6.07) is 4.39. The number of aromatic nitrogens is 1. The van der Waals surface area contributed by atoms with Crippen molar-refractivity contribution in [3.05, 3.63) is 23.9 Å². The summed E-state index contributed by atoms with van der Waals surface area (Å²) < 4.78 is 0. The molecular formula is C14H25N3O. The summed E-state index contributed by atoms with van der Waals surface area (Å²) in [7, 11) is 1.94. The number of hydrogen-bond acceptors (Lipinski definition) is 4. The number of hydrogen-bond donors (Lipinski definition) is 2. The highest BCUT2D eigenvalue weighted by atomic mass is 16.3. The van der Waals surface area contributed by atoms with Gasteiger partial charge in [0.25, 0.3) is 0 Å². The number of rotatable bonds is 6. The summed E-state index contributed by atoms with van der Waals surface area (Å²) in [6.45, 7) is 9.21. The van der Waals surface area contributed by atoms with Crippen molar-refractivity contribution >= 4 is 5.82 Å². The lowest BCUT2D eigenvalue weighted by molar-refractivity contribution is 0.0874. The van der Waals surface area contributed by atoms with Crippen LogP contribution in [0, 0.1) is 0 Å². The molecule has 0 aliphatic rings. The van der Waals surface area contributed by atoms with Crippen LogP contribution in [0.1, 0.15) is 39.3 Å². The van der Waals surface area contributed by atoms with Crippen molar-refractivity contribution in [2.24, 2.45) is 0 Å². The van der Waals surface area contributed by atoms with Crippen molar-refractivity contribution < 1.29 is 5.11 Å². The number of nitrogens with zero attached hydrogens (tertiary/aromatic N) is 2. The normalized spacial score (nSPS) is 13.4. The summed E-state index contributed by atoms with van der Waals surface area (Å²) in [5, 5.41) is 13.1. The molecule has 0 aromatic carbocycles. The van der Waals surface area contributed by atoms with Crippen LogP contribution in [-0.2, 0) is 0 Å². The molecule has 1 unspecified atom stereocenters. The molecule has 0 aliphatic heterocycles. The molecule has 0 amide bonds. The largest absolute Gasteiger partial charge is 0.389 e. The molecule has 1 aromatic rings. The van der Waals surface area contributed by atoms with Gasteiger partial charge in [0, 0.05) is 25.3 Å². The van der Waals surface area contributed by atoms with E-state index in [1.54, 1.807) is 0 Å². The van der Waals surface area contributed by atoms with Gasteiger partial charge in [-0.3, -0.25) is 0 Å². The molecule has 1 aromatic heterocycles. The number of nitrogens with one attached hydrogen (secondary N) is 1. The fraction of sp³-hybridized carbons (Fsp3) is 0.643. The Hall–Kier alpha value is -1.13. The van der Waals surface area contributed by atoms with Crippen molar-refractivity contribution in [1.29, 1.82) is 0 Å². The van der Waals surface area contributed by atoms with Crippen LogP contribution in [0.3, 0.4) is 0 Å². The zero-order chi connectivity index (χ0) is 13.8. The van der Waals surface area contributed by atoms with Gasteiger partial charge in [0.2, 0.25) is 0 Å². The molecule has 0 bridgehead atoms. The Morgan fingerprint density at radius 2 is 2.11 bits per heavy atom. The third-order valence-corrected chi connectivity index (χ3v) is 2.99. The molecular weight excluding hydrogens is 226 g/mol. The molecule has 0 radical (unpaired) electrons. The fourth-order valence-corrected chi connectivity index (χ4v) is 1.83. The minimum absolute atomic E-state index is 0.302. The van der Waals surface area contributed by atoms with Crippen LogP contribution in [0.25, 0.3) is 0 Å². The van der Waals surface area contributed by atoms with E-state index in [9.17, 15) is 5.11 Å². The minimum Gasteiger partial charge on any atom is -0.389 e. The predicted octanol–water partition coefficient (Wildman–Crippen LogP) is 1.96. The molecule has 0 spiro atoms. The molecule has 4 heteroatoms. The standard InChI is InChI=1S/C14H25N3O/c1-6-17(10-14(3,4)18)13-8-7-12(9-16-13)11(2)15-5/h7-9,11,15,18H,6,10H2,1-5H3. The van der Waals surface area contributed by atoms with Gasteiger partial charge in [-0.05, 0) is 46.4 Å². The monoisotopic (exact) mass is 251 g/mol. The van der Waals surface area contributed by atoms with Crippen LogP contribution < -0.4 is 10.2 Å². The van der Waals surface area contributed by atoms with E-state index in [-0.39, 0.29) is 0 Å².